The van der Waals surface area contributed by atoms with Crippen molar-refractivity contribution in [1.82, 2.24) is 14.5 Å². The van der Waals surface area contributed by atoms with Crippen LogP contribution >= 0.6 is 12.2 Å². The van der Waals surface area contributed by atoms with Crippen LogP contribution in [0.3, 0.4) is 0 Å². The van der Waals surface area contributed by atoms with E-state index in [9.17, 15) is 4.79 Å². The summed E-state index contributed by atoms with van der Waals surface area (Å²) >= 11 is 5.23. The molecule has 5 nitrogen and oxygen atoms in total. The number of carbonyl (C=O) groups excluding carboxylic acids is 1. The molecule has 0 spiro atoms. The Balaban J connectivity index is 2.32. The van der Waals surface area contributed by atoms with E-state index in [1.165, 1.54) is 0 Å². The van der Waals surface area contributed by atoms with Crippen LogP contribution in [0, 0.1) is 11.7 Å². The van der Waals surface area contributed by atoms with Crippen molar-refractivity contribution in [3.63, 3.8) is 0 Å². The molecule has 17 heavy (non-hydrogen) atoms. The van der Waals surface area contributed by atoms with Crippen molar-refractivity contribution in [3.8, 4) is 0 Å². The van der Waals surface area contributed by atoms with Crippen LogP contribution in [0.15, 0.2) is 12.1 Å². The Labute approximate surface area is 104 Å². The van der Waals surface area contributed by atoms with Gasteiger partial charge in [0.05, 0.1) is 5.52 Å². The molecule has 0 aromatic carbocycles. The SMILES string of the molecule is Cc1ccc2[nH]c(=S)n(CCCC(N)=O)c2n1. The van der Waals surface area contributed by atoms with E-state index >= 15 is 0 Å². The highest BCUT2D eigenvalue weighted by molar-refractivity contribution is 7.71. The van der Waals surface area contributed by atoms with Crippen molar-refractivity contribution in [3.05, 3.63) is 22.6 Å². The number of H-pyrrole nitrogens is 1. The topological polar surface area (TPSA) is 76.7 Å². The van der Waals surface area contributed by atoms with Crippen molar-refractivity contribution in [2.75, 3.05) is 0 Å². The number of amides is 1. The van der Waals surface area contributed by atoms with E-state index in [4.69, 9.17) is 18.0 Å². The van der Waals surface area contributed by atoms with Crippen LogP contribution < -0.4 is 5.73 Å². The number of aryl methyl sites for hydroxylation is 2. The van der Waals surface area contributed by atoms with E-state index in [1.807, 2.05) is 23.6 Å². The lowest BCUT2D eigenvalue weighted by Gasteiger charge is -2.02. The van der Waals surface area contributed by atoms with Crippen LogP contribution in [0.1, 0.15) is 18.5 Å². The van der Waals surface area contributed by atoms with E-state index in [0.717, 1.165) is 16.9 Å². The fraction of sp³-hybridized carbons (Fsp3) is 0.364. The van der Waals surface area contributed by atoms with E-state index in [1.54, 1.807) is 0 Å². The van der Waals surface area contributed by atoms with Gasteiger partial charge >= 0.3 is 0 Å². The molecule has 90 valence electrons. The summed E-state index contributed by atoms with van der Waals surface area (Å²) in [5.74, 6) is -0.291. The van der Waals surface area contributed by atoms with Crippen molar-refractivity contribution in [2.45, 2.75) is 26.3 Å². The minimum absolute atomic E-state index is 0.291. The van der Waals surface area contributed by atoms with Gasteiger partial charge in [-0.15, -0.1) is 0 Å². The van der Waals surface area contributed by atoms with E-state index in [-0.39, 0.29) is 5.91 Å². The van der Waals surface area contributed by atoms with Crippen molar-refractivity contribution >= 4 is 29.3 Å². The number of nitrogens with zero attached hydrogens (tertiary/aromatic N) is 2. The van der Waals surface area contributed by atoms with Gasteiger partial charge in [0.15, 0.2) is 10.4 Å². The lowest BCUT2D eigenvalue weighted by atomic mass is 10.3. The Morgan fingerprint density at radius 3 is 3.06 bits per heavy atom. The lowest BCUT2D eigenvalue weighted by molar-refractivity contribution is -0.118. The molecule has 0 atom stereocenters. The number of rotatable bonds is 4. The number of primary amides is 1. The fourth-order valence-electron chi connectivity index (χ4n) is 1.74. The molecule has 0 unspecified atom stereocenters. The normalized spacial score (nSPS) is 10.9. The summed E-state index contributed by atoms with van der Waals surface area (Å²) in [6, 6.07) is 3.89. The molecule has 0 aliphatic heterocycles. The summed E-state index contributed by atoms with van der Waals surface area (Å²) in [4.78, 5) is 18.2. The molecule has 0 bridgehead atoms. The number of nitrogens with two attached hydrogens (primary N) is 1. The third kappa shape index (κ3) is 2.52. The van der Waals surface area contributed by atoms with E-state index in [2.05, 4.69) is 9.97 Å². The second kappa shape index (κ2) is 4.67. The van der Waals surface area contributed by atoms with Gasteiger partial charge < -0.3 is 15.3 Å². The molecule has 0 fully saturated rings. The highest BCUT2D eigenvalue weighted by Gasteiger charge is 2.06. The number of fused-ring (bicyclic) bond motifs is 1. The molecule has 3 N–H and O–H groups in total. The van der Waals surface area contributed by atoms with Crippen molar-refractivity contribution in [1.29, 1.82) is 0 Å². The largest absolute Gasteiger partial charge is 0.370 e. The summed E-state index contributed by atoms with van der Waals surface area (Å²) in [7, 11) is 0. The first-order valence-corrected chi connectivity index (χ1v) is 5.83. The van der Waals surface area contributed by atoms with Crippen LogP contribution in [0.5, 0.6) is 0 Å². The van der Waals surface area contributed by atoms with Crippen LogP contribution in [0.2, 0.25) is 0 Å². The van der Waals surface area contributed by atoms with Gasteiger partial charge in [0.2, 0.25) is 5.91 Å². The van der Waals surface area contributed by atoms with Crippen molar-refractivity contribution < 1.29 is 4.79 Å². The number of aromatic amines is 1. The molecule has 2 heterocycles. The maximum absolute atomic E-state index is 10.7. The number of imidazole rings is 1. The van der Waals surface area contributed by atoms with Crippen LogP contribution in [0.4, 0.5) is 0 Å². The maximum atomic E-state index is 10.7. The predicted octanol–water partition coefficient (Wildman–Crippen LogP) is 1.67. The van der Waals surface area contributed by atoms with Crippen molar-refractivity contribution in [2.24, 2.45) is 5.73 Å². The monoisotopic (exact) mass is 250 g/mol. The molecule has 6 heteroatoms. The number of pyridine rings is 1. The minimum atomic E-state index is -0.291. The average Bonchev–Trinajstić information content (AvgIpc) is 2.55. The van der Waals surface area contributed by atoms with Gasteiger partial charge in [-0.2, -0.15) is 0 Å². The second-order valence-electron chi connectivity index (χ2n) is 3.98. The molecule has 2 aromatic rings. The summed E-state index contributed by atoms with van der Waals surface area (Å²) < 4.78 is 2.53. The van der Waals surface area contributed by atoms with Gasteiger partial charge in [-0.1, -0.05) is 0 Å². The smallest absolute Gasteiger partial charge is 0.217 e. The molecule has 2 aromatic heterocycles. The van der Waals surface area contributed by atoms with Gasteiger partial charge in [-0.05, 0) is 37.7 Å². The van der Waals surface area contributed by atoms with Gasteiger partial charge in [0.25, 0.3) is 0 Å². The molecular weight excluding hydrogens is 236 g/mol. The Morgan fingerprint density at radius 2 is 2.35 bits per heavy atom. The van der Waals surface area contributed by atoms with Gasteiger partial charge in [-0.25, -0.2) is 4.98 Å². The lowest BCUT2D eigenvalue weighted by Crippen LogP contribution is -2.11. The summed E-state index contributed by atoms with van der Waals surface area (Å²) in [6.45, 7) is 2.58. The third-order valence-corrected chi connectivity index (χ3v) is 2.88. The molecule has 0 aliphatic carbocycles. The zero-order chi connectivity index (χ0) is 12.4. The zero-order valence-electron chi connectivity index (χ0n) is 9.56. The summed E-state index contributed by atoms with van der Waals surface area (Å²) in [5, 5.41) is 0. The molecule has 0 aliphatic rings. The van der Waals surface area contributed by atoms with Gasteiger partial charge in [-0.3, -0.25) is 4.79 Å². The first kappa shape index (κ1) is 11.8. The summed E-state index contributed by atoms with van der Waals surface area (Å²) in [6.07, 6.45) is 1.03. The molecule has 0 radical (unpaired) electrons. The highest BCUT2D eigenvalue weighted by atomic mass is 32.1. The third-order valence-electron chi connectivity index (χ3n) is 2.56. The first-order chi connectivity index (χ1) is 8.08. The molecule has 0 saturated heterocycles. The number of hydrogen-bond acceptors (Lipinski definition) is 3. The van der Waals surface area contributed by atoms with Crippen LogP contribution in [-0.4, -0.2) is 20.4 Å². The molecular formula is C11H14N4OS. The van der Waals surface area contributed by atoms with Gasteiger partial charge in [0.1, 0.15) is 0 Å². The van der Waals surface area contributed by atoms with Crippen LogP contribution in [0.25, 0.3) is 11.2 Å². The minimum Gasteiger partial charge on any atom is -0.370 e. The maximum Gasteiger partial charge on any atom is 0.217 e. The Hall–Kier alpha value is -1.69. The standard InChI is InChI=1S/C11H14N4OS/c1-7-4-5-8-10(13-7)15(11(17)14-8)6-2-3-9(12)16/h4-5H,2-3,6H2,1H3,(H2,12,16)(H,14,17). The predicted molar refractivity (Wildman–Crippen MR) is 68.1 cm³/mol. The Morgan fingerprint density at radius 1 is 1.59 bits per heavy atom. The van der Waals surface area contributed by atoms with E-state index < -0.39 is 0 Å². The quantitative estimate of drug-likeness (QED) is 0.810. The molecule has 1 amide bonds. The number of carbonyl (C=O) groups is 1. The number of aromatic nitrogens is 3. The van der Waals surface area contributed by atoms with Gasteiger partial charge in [0, 0.05) is 18.7 Å². The molecule has 0 saturated carbocycles. The zero-order valence-corrected chi connectivity index (χ0v) is 10.4. The number of hydrogen-bond donors (Lipinski definition) is 2. The Bertz CT molecular complexity index is 613. The van der Waals surface area contributed by atoms with Crippen LogP contribution in [-0.2, 0) is 11.3 Å². The molecule has 2 rings (SSSR count). The van der Waals surface area contributed by atoms with E-state index in [0.29, 0.717) is 24.2 Å². The average molecular weight is 250 g/mol. The number of nitrogens with one attached hydrogen (secondary N) is 1. The first-order valence-electron chi connectivity index (χ1n) is 5.42. The highest BCUT2D eigenvalue weighted by Crippen LogP contribution is 2.13. The Kier molecular flexibility index (Phi) is 3.23. The second-order valence-corrected chi connectivity index (χ2v) is 4.36. The summed E-state index contributed by atoms with van der Waals surface area (Å²) in [5.41, 5.74) is 7.80. The fourth-order valence-corrected chi connectivity index (χ4v) is 2.03.